The van der Waals surface area contributed by atoms with Gasteiger partial charge in [0.05, 0.1) is 6.54 Å². The zero-order valence-electron chi connectivity index (χ0n) is 10.5. The number of nitrogens with one attached hydrogen (secondary N) is 2. The highest BCUT2D eigenvalue weighted by molar-refractivity contribution is 5.92. The van der Waals surface area contributed by atoms with Gasteiger partial charge in [-0.05, 0) is 49.4 Å². The summed E-state index contributed by atoms with van der Waals surface area (Å²) in [5.41, 5.74) is 1.87. The van der Waals surface area contributed by atoms with Crippen molar-refractivity contribution < 1.29 is 9.90 Å². The first-order valence-electron chi connectivity index (χ1n) is 6.48. The SMILES string of the molecule is O=C(CNCC1CC1)Nc1ccc(CCO)cc1. The van der Waals surface area contributed by atoms with Gasteiger partial charge in [-0.2, -0.15) is 0 Å². The van der Waals surface area contributed by atoms with Crippen molar-refractivity contribution in [2.45, 2.75) is 19.3 Å². The van der Waals surface area contributed by atoms with Gasteiger partial charge in [0.25, 0.3) is 0 Å². The Morgan fingerprint density at radius 2 is 2.00 bits per heavy atom. The molecule has 0 atom stereocenters. The van der Waals surface area contributed by atoms with E-state index in [9.17, 15) is 4.79 Å². The Bertz CT molecular complexity index is 385. The van der Waals surface area contributed by atoms with Crippen molar-refractivity contribution >= 4 is 11.6 Å². The lowest BCUT2D eigenvalue weighted by Gasteiger charge is -2.07. The quantitative estimate of drug-likeness (QED) is 0.678. The zero-order valence-corrected chi connectivity index (χ0v) is 10.5. The van der Waals surface area contributed by atoms with E-state index >= 15 is 0 Å². The first-order chi connectivity index (χ1) is 8.78. The number of aliphatic hydroxyl groups excluding tert-OH is 1. The molecule has 4 heteroatoms. The van der Waals surface area contributed by atoms with E-state index in [0.29, 0.717) is 13.0 Å². The molecule has 0 aromatic heterocycles. The highest BCUT2D eigenvalue weighted by Crippen LogP contribution is 2.27. The first kappa shape index (κ1) is 13.1. The number of hydrogen-bond acceptors (Lipinski definition) is 3. The third-order valence-electron chi connectivity index (χ3n) is 3.05. The van der Waals surface area contributed by atoms with Crippen LogP contribution in [0, 0.1) is 5.92 Å². The molecule has 0 heterocycles. The van der Waals surface area contributed by atoms with Gasteiger partial charge < -0.3 is 15.7 Å². The molecule has 18 heavy (non-hydrogen) atoms. The Balaban J connectivity index is 1.71. The Kier molecular flexibility index (Phi) is 4.73. The van der Waals surface area contributed by atoms with E-state index in [2.05, 4.69) is 10.6 Å². The smallest absolute Gasteiger partial charge is 0.238 e. The fourth-order valence-corrected chi connectivity index (χ4v) is 1.80. The first-order valence-corrected chi connectivity index (χ1v) is 6.48. The van der Waals surface area contributed by atoms with Crippen LogP contribution in [0.3, 0.4) is 0 Å². The van der Waals surface area contributed by atoms with Gasteiger partial charge in [0.1, 0.15) is 0 Å². The van der Waals surface area contributed by atoms with Crippen LogP contribution in [-0.4, -0.2) is 30.7 Å². The van der Waals surface area contributed by atoms with E-state index in [1.165, 1.54) is 12.8 Å². The van der Waals surface area contributed by atoms with E-state index in [1.54, 1.807) is 0 Å². The number of carbonyl (C=O) groups is 1. The second kappa shape index (κ2) is 6.52. The summed E-state index contributed by atoms with van der Waals surface area (Å²) in [7, 11) is 0. The summed E-state index contributed by atoms with van der Waals surface area (Å²) >= 11 is 0. The van der Waals surface area contributed by atoms with Crippen molar-refractivity contribution in [3.8, 4) is 0 Å². The van der Waals surface area contributed by atoms with Gasteiger partial charge in [-0.3, -0.25) is 4.79 Å². The molecule has 1 fully saturated rings. The van der Waals surface area contributed by atoms with E-state index in [-0.39, 0.29) is 12.5 Å². The number of amides is 1. The minimum atomic E-state index is -0.00874. The summed E-state index contributed by atoms with van der Waals surface area (Å²) in [6.07, 6.45) is 3.24. The molecule has 1 aliphatic rings. The molecule has 98 valence electrons. The van der Waals surface area contributed by atoms with E-state index in [0.717, 1.165) is 23.7 Å². The van der Waals surface area contributed by atoms with E-state index in [4.69, 9.17) is 5.11 Å². The van der Waals surface area contributed by atoms with Gasteiger partial charge in [0.2, 0.25) is 5.91 Å². The third-order valence-corrected chi connectivity index (χ3v) is 3.05. The summed E-state index contributed by atoms with van der Waals surface area (Å²) in [6.45, 7) is 1.47. The van der Waals surface area contributed by atoms with Gasteiger partial charge in [-0.1, -0.05) is 12.1 Å². The van der Waals surface area contributed by atoms with Crippen LogP contribution in [0.5, 0.6) is 0 Å². The minimum absolute atomic E-state index is 0.00874. The lowest BCUT2D eigenvalue weighted by atomic mass is 10.1. The monoisotopic (exact) mass is 248 g/mol. The van der Waals surface area contributed by atoms with Gasteiger partial charge in [0, 0.05) is 12.3 Å². The number of hydrogen-bond donors (Lipinski definition) is 3. The van der Waals surface area contributed by atoms with E-state index < -0.39 is 0 Å². The standard InChI is InChI=1S/C14H20N2O2/c17-8-7-11-3-5-13(6-4-11)16-14(18)10-15-9-12-1-2-12/h3-6,12,15,17H,1-2,7-10H2,(H,16,18). The lowest BCUT2D eigenvalue weighted by molar-refractivity contribution is -0.115. The molecule has 4 nitrogen and oxygen atoms in total. The Hall–Kier alpha value is -1.39. The summed E-state index contributed by atoms with van der Waals surface area (Å²) in [5, 5.41) is 14.8. The zero-order chi connectivity index (χ0) is 12.8. The Labute approximate surface area is 107 Å². The van der Waals surface area contributed by atoms with Crippen molar-refractivity contribution in [3.05, 3.63) is 29.8 Å². The highest BCUT2D eigenvalue weighted by Gasteiger charge is 2.20. The van der Waals surface area contributed by atoms with Crippen LogP contribution in [0.2, 0.25) is 0 Å². The van der Waals surface area contributed by atoms with Crippen LogP contribution in [-0.2, 0) is 11.2 Å². The number of rotatable bonds is 7. The van der Waals surface area contributed by atoms with Crippen LogP contribution in [0.1, 0.15) is 18.4 Å². The van der Waals surface area contributed by atoms with Crippen molar-refractivity contribution in [2.75, 3.05) is 25.0 Å². The third kappa shape index (κ3) is 4.47. The molecule has 0 aliphatic heterocycles. The summed E-state index contributed by atoms with van der Waals surface area (Å²) in [5.74, 6) is 0.779. The molecule has 0 bridgehead atoms. The van der Waals surface area contributed by atoms with Crippen molar-refractivity contribution in [3.63, 3.8) is 0 Å². The fraction of sp³-hybridized carbons (Fsp3) is 0.500. The molecular formula is C14H20N2O2. The second-order valence-corrected chi connectivity index (χ2v) is 4.79. The van der Waals surface area contributed by atoms with E-state index in [1.807, 2.05) is 24.3 Å². The number of carbonyl (C=O) groups excluding carboxylic acids is 1. The Morgan fingerprint density at radius 1 is 1.28 bits per heavy atom. The summed E-state index contributed by atoms with van der Waals surface area (Å²) in [4.78, 5) is 11.6. The van der Waals surface area contributed by atoms with Crippen molar-refractivity contribution in [1.82, 2.24) is 5.32 Å². The average Bonchev–Trinajstić information content (AvgIpc) is 3.16. The Morgan fingerprint density at radius 3 is 2.61 bits per heavy atom. The second-order valence-electron chi connectivity index (χ2n) is 4.79. The molecule has 1 aromatic rings. The number of aliphatic hydroxyl groups is 1. The lowest BCUT2D eigenvalue weighted by Crippen LogP contribution is -2.29. The predicted octanol–water partition coefficient (Wildman–Crippen LogP) is 1.16. The largest absolute Gasteiger partial charge is 0.396 e. The molecule has 1 aromatic carbocycles. The van der Waals surface area contributed by atoms with Gasteiger partial charge in [-0.25, -0.2) is 0 Å². The molecule has 1 saturated carbocycles. The maximum Gasteiger partial charge on any atom is 0.238 e. The maximum absolute atomic E-state index is 11.6. The van der Waals surface area contributed by atoms with Crippen molar-refractivity contribution in [1.29, 1.82) is 0 Å². The average molecular weight is 248 g/mol. The van der Waals surface area contributed by atoms with Crippen LogP contribution >= 0.6 is 0 Å². The molecule has 0 spiro atoms. The summed E-state index contributed by atoms with van der Waals surface area (Å²) < 4.78 is 0. The molecule has 1 aliphatic carbocycles. The molecule has 0 saturated heterocycles. The van der Waals surface area contributed by atoms with Crippen molar-refractivity contribution in [2.24, 2.45) is 5.92 Å². The van der Waals surface area contributed by atoms with Gasteiger partial charge in [0.15, 0.2) is 0 Å². The molecule has 1 amide bonds. The van der Waals surface area contributed by atoms with Crippen LogP contribution in [0.25, 0.3) is 0 Å². The van der Waals surface area contributed by atoms with Crippen LogP contribution < -0.4 is 10.6 Å². The normalized spacial score (nSPS) is 14.5. The van der Waals surface area contributed by atoms with Crippen LogP contribution in [0.15, 0.2) is 24.3 Å². The molecule has 0 unspecified atom stereocenters. The maximum atomic E-state index is 11.6. The fourth-order valence-electron chi connectivity index (χ4n) is 1.80. The number of anilines is 1. The van der Waals surface area contributed by atoms with Gasteiger partial charge in [-0.15, -0.1) is 0 Å². The summed E-state index contributed by atoms with van der Waals surface area (Å²) in [6, 6.07) is 7.57. The molecular weight excluding hydrogens is 228 g/mol. The topological polar surface area (TPSA) is 61.4 Å². The predicted molar refractivity (Wildman–Crippen MR) is 71.5 cm³/mol. The van der Waals surface area contributed by atoms with Gasteiger partial charge >= 0.3 is 0 Å². The molecule has 3 N–H and O–H groups in total. The number of benzene rings is 1. The highest BCUT2D eigenvalue weighted by atomic mass is 16.2. The minimum Gasteiger partial charge on any atom is -0.396 e. The molecule has 2 rings (SSSR count). The van der Waals surface area contributed by atoms with Crippen LogP contribution in [0.4, 0.5) is 5.69 Å². The molecule has 0 radical (unpaired) electrons.